The van der Waals surface area contributed by atoms with E-state index in [1.54, 1.807) is 6.08 Å². The van der Waals surface area contributed by atoms with Crippen LogP contribution in [0.2, 0.25) is 0 Å². The Kier molecular flexibility index (Phi) is 12.4. The minimum Gasteiger partial charge on any atom is -0.352 e. The van der Waals surface area contributed by atoms with Crippen molar-refractivity contribution in [2.24, 2.45) is 5.92 Å². The number of carbonyl (C=O) groups is 2. The molecule has 1 heterocycles. The third-order valence-electron chi connectivity index (χ3n) is 9.48. The molecule has 2 aromatic rings. The van der Waals surface area contributed by atoms with Crippen LogP contribution in [0.25, 0.3) is 10.1 Å². The molecule has 0 saturated carbocycles. The van der Waals surface area contributed by atoms with E-state index in [0.29, 0.717) is 35.9 Å². The highest BCUT2D eigenvalue weighted by molar-refractivity contribution is 6.50. The Bertz CT molecular complexity index is 1730. The molecule has 6 heteroatoms. The summed E-state index contributed by atoms with van der Waals surface area (Å²) in [6, 6.07) is 16.6. The summed E-state index contributed by atoms with van der Waals surface area (Å²) in [6.07, 6.45) is 14.4. The van der Waals surface area contributed by atoms with Crippen molar-refractivity contribution < 1.29 is 9.59 Å². The van der Waals surface area contributed by atoms with E-state index >= 15 is 0 Å². The van der Waals surface area contributed by atoms with E-state index in [-0.39, 0.29) is 11.8 Å². The highest BCUT2D eigenvalue weighted by Gasteiger charge is 2.30. The van der Waals surface area contributed by atoms with Gasteiger partial charge in [0.1, 0.15) is 0 Å². The molecule has 1 saturated heterocycles. The van der Waals surface area contributed by atoms with E-state index in [4.69, 9.17) is 23.2 Å². The lowest BCUT2D eigenvalue weighted by atomic mass is 9.81. The monoisotopic (exact) mass is 682 g/mol. The first-order valence-electron chi connectivity index (χ1n) is 17.6. The van der Waals surface area contributed by atoms with E-state index < -0.39 is 0 Å². The lowest BCUT2D eigenvalue weighted by Crippen LogP contribution is -2.30. The average molecular weight is 684 g/mol. The van der Waals surface area contributed by atoms with Gasteiger partial charge >= 0.3 is 0 Å². The second kappa shape index (κ2) is 16.7. The van der Waals surface area contributed by atoms with E-state index in [0.717, 1.165) is 95.6 Å². The minimum absolute atomic E-state index is 0.00958. The maximum Gasteiger partial charge on any atom is 0.254 e. The zero-order chi connectivity index (χ0) is 34.2. The number of benzene rings is 2. The summed E-state index contributed by atoms with van der Waals surface area (Å²) in [6.45, 7) is 10.4. The van der Waals surface area contributed by atoms with Crippen LogP contribution in [0.15, 0.2) is 106 Å². The van der Waals surface area contributed by atoms with Gasteiger partial charge in [-0.2, -0.15) is 0 Å². The molecular formula is C42H48Cl2N2O2. The number of hydrogen-bond acceptors (Lipinski definition) is 2. The number of allylic oxidation sites excluding steroid dienone is 7. The molecule has 1 aliphatic heterocycles. The summed E-state index contributed by atoms with van der Waals surface area (Å²) in [5.74, 6) is 0.210. The first-order valence-corrected chi connectivity index (χ1v) is 18.3. The topological polar surface area (TPSA) is 49.4 Å². The van der Waals surface area contributed by atoms with Gasteiger partial charge in [-0.25, -0.2) is 0 Å². The van der Waals surface area contributed by atoms with Crippen LogP contribution in [-0.4, -0.2) is 36.3 Å². The van der Waals surface area contributed by atoms with Crippen molar-refractivity contribution in [3.63, 3.8) is 0 Å². The van der Waals surface area contributed by atoms with Gasteiger partial charge in [0.15, 0.2) is 0 Å². The van der Waals surface area contributed by atoms with Gasteiger partial charge in [0, 0.05) is 31.3 Å². The normalized spacial score (nSPS) is 17.6. The summed E-state index contributed by atoms with van der Waals surface area (Å²) >= 11 is 14.3. The summed E-state index contributed by atoms with van der Waals surface area (Å²) in [5.41, 5.74) is 10.0. The summed E-state index contributed by atoms with van der Waals surface area (Å²) in [7, 11) is 0. The van der Waals surface area contributed by atoms with Crippen LogP contribution >= 0.6 is 23.2 Å². The molecule has 5 rings (SSSR count). The lowest BCUT2D eigenvalue weighted by Gasteiger charge is -2.27. The van der Waals surface area contributed by atoms with Crippen LogP contribution in [-0.2, 0) is 22.4 Å². The zero-order valence-electron chi connectivity index (χ0n) is 28.8. The molecule has 0 bridgehead atoms. The molecule has 0 radical (unpaired) electrons. The molecule has 2 amide bonds. The molecular weight excluding hydrogens is 635 g/mol. The Balaban J connectivity index is 1.72. The van der Waals surface area contributed by atoms with Gasteiger partial charge in [0.05, 0.1) is 10.1 Å². The van der Waals surface area contributed by atoms with Crippen molar-refractivity contribution in [1.82, 2.24) is 10.2 Å². The molecule has 0 aromatic heterocycles. The molecule has 2 aromatic carbocycles. The van der Waals surface area contributed by atoms with Gasteiger partial charge in [-0.15, -0.1) is 0 Å². The lowest BCUT2D eigenvalue weighted by molar-refractivity contribution is -0.125. The molecule has 2 aliphatic carbocycles. The Morgan fingerprint density at radius 3 is 2.08 bits per heavy atom. The quantitative estimate of drug-likeness (QED) is 0.189. The highest BCUT2D eigenvalue weighted by Crippen LogP contribution is 2.43. The fourth-order valence-corrected chi connectivity index (χ4v) is 7.50. The van der Waals surface area contributed by atoms with E-state index in [1.165, 1.54) is 11.1 Å². The average Bonchev–Trinajstić information content (AvgIpc) is 3.65. The molecule has 0 unspecified atom stereocenters. The second-order valence-corrected chi connectivity index (χ2v) is 14.1. The van der Waals surface area contributed by atoms with Crippen molar-refractivity contribution in [2.75, 3.05) is 19.6 Å². The number of rotatable bonds is 11. The molecule has 0 spiro atoms. The van der Waals surface area contributed by atoms with Gasteiger partial charge in [-0.1, -0.05) is 112 Å². The van der Waals surface area contributed by atoms with Crippen molar-refractivity contribution in [2.45, 2.75) is 79.1 Å². The second-order valence-electron chi connectivity index (χ2n) is 13.3. The maximum atomic E-state index is 14.7. The Morgan fingerprint density at radius 2 is 1.46 bits per heavy atom. The van der Waals surface area contributed by atoms with Crippen LogP contribution in [0, 0.1) is 5.92 Å². The molecule has 4 nitrogen and oxygen atoms in total. The number of fused-ring (bicyclic) bond motifs is 2. The first-order chi connectivity index (χ1) is 23.2. The number of hydrogen-bond donors (Lipinski definition) is 1. The standard InChI is InChI=1S/C42H48Cl2N2O2/c1-5-29(25-33-18-17-31-13-7-9-15-34(31)40(33)43)26-37(42(48)46-23-11-12-24-46)39(30(6-2)20-22-38(47)45-27-28(3)4)36-21-19-32-14-8-10-16-35(32)41(36)44/h7-10,13-16,20,22,25-26,28H,5-6,11-12,17-19,21,23-24,27H2,1-4H3,(H,45,47)/b22-20?,29-25?,37-26+,39-30?. The fraction of sp³-hybridized carbons (Fsp3) is 0.381. The summed E-state index contributed by atoms with van der Waals surface area (Å²) < 4.78 is 0. The van der Waals surface area contributed by atoms with Crippen LogP contribution in [0.4, 0.5) is 0 Å². The smallest absolute Gasteiger partial charge is 0.254 e. The number of likely N-dealkylation sites (tertiary alicyclic amines) is 1. The third kappa shape index (κ3) is 8.33. The van der Waals surface area contributed by atoms with Crippen molar-refractivity contribution in [1.29, 1.82) is 0 Å². The molecule has 1 N–H and O–H groups in total. The van der Waals surface area contributed by atoms with Crippen molar-refractivity contribution >= 4 is 45.1 Å². The van der Waals surface area contributed by atoms with E-state index in [9.17, 15) is 9.59 Å². The molecule has 1 fully saturated rings. The van der Waals surface area contributed by atoms with E-state index in [2.05, 4.69) is 75.5 Å². The number of amides is 2. The Hall–Kier alpha value is -3.60. The van der Waals surface area contributed by atoms with Crippen molar-refractivity contribution in [3.8, 4) is 0 Å². The van der Waals surface area contributed by atoms with Crippen molar-refractivity contribution in [3.05, 3.63) is 129 Å². The Morgan fingerprint density at radius 1 is 0.833 bits per heavy atom. The predicted octanol–water partition coefficient (Wildman–Crippen LogP) is 10.1. The van der Waals surface area contributed by atoms with Crippen LogP contribution < -0.4 is 5.32 Å². The molecule has 0 atom stereocenters. The Labute approximate surface area is 297 Å². The maximum absolute atomic E-state index is 14.7. The predicted molar refractivity (Wildman–Crippen MR) is 202 cm³/mol. The van der Waals surface area contributed by atoms with Gasteiger partial charge < -0.3 is 10.2 Å². The SMILES string of the molecule is CCC(=CC1=C(Cl)c2ccccc2CC1)/C=C(/C(=O)N1CCCC1)C(=C(C=CC(=O)NCC(C)C)CC)C1=C(Cl)c2ccccc2CC1. The van der Waals surface area contributed by atoms with Crippen LogP contribution in [0.5, 0.6) is 0 Å². The van der Waals surface area contributed by atoms with Gasteiger partial charge in [-0.05, 0) is 113 Å². The van der Waals surface area contributed by atoms with Gasteiger partial charge in [0.2, 0.25) is 5.91 Å². The summed E-state index contributed by atoms with van der Waals surface area (Å²) in [4.78, 5) is 29.5. The van der Waals surface area contributed by atoms with Crippen LogP contribution in [0.1, 0.15) is 88.5 Å². The number of carbonyl (C=O) groups excluding carboxylic acids is 2. The summed E-state index contributed by atoms with van der Waals surface area (Å²) in [5, 5.41) is 4.44. The van der Waals surface area contributed by atoms with Gasteiger partial charge in [0.25, 0.3) is 5.91 Å². The zero-order valence-corrected chi connectivity index (χ0v) is 30.3. The van der Waals surface area contributed by atoms with E-state index in [1.807, 2.05) is 29.2 Å². The fourth-order valence-electron chi connectivity index (χ4n) is 6.79. The number of halogens is 2. The highest BCUT2D eigenvalue weighted by atomic mass is 35.5. The van der Waals surface area contributed by atoms with Crippen LogP contribution in [0.3, 0.4) is 0 Å². The molecule has 3 aliphatic rings. The van der Waals surface area contributed by atoms with Gasteiger partial charge in [-0.3, -0.25) is 9.59 Å². The molecule has 48 heavy (non-hydrogen) atoms. The largest absolute Gasteiger partial charge is 0.352 e. The first kappa shape index (κ1) is 35.7. The third-order valence-corrected chi connectivity index (χ3v) is 10.4. The molecule has 252 valence electrons. The number of nitrogens with one attached hydrogen (secondary N) is 1. The number of nitrogens with zero attached hydrogens (tertiary/aromatic N) is 1. The number of aryl methyl sites for hydroxylation is 2. The minimum atomic E-state index is -0.146.